The Kier molecular flexibility index (Phi) is 4.80. The third-order valence-electron chi connectivity index (χ3n) is 3.24. The number of amides is 1. The Morgan fingerprint density at radius 1 is 1.26 bits per heavy atom. The van der Waals surface area contributed by atoms with E-state index < -0.39 is 11.9 Å². The van der Waals surface area contributed by atoms with Crippen LogP contribution in [0.15, 0.2) is 52.4 Å². The maximum atomic E-state index is 12.2. The molecule has 1 aromatic carbocycles. The Hall–Kier alpha value is -2.51. The van der Waals surface area contributed by atoms with Gasteiger partial charge < -0.3 is 14.9 Å². The van der Waals surface area contributed by atoms with Crippen molar-refractivity contribution in [1.82, 2.24) is 15.5 Å². The van der Waals surface area contributed by atoms with Crippen molar-refractivity contribution in [3.05, 3.63) is 59.3 Å². The van der Waals surface area contributed by atoms with Crippen molar-refractivity contribution in [2.45, 2.75) is 12.5 Å². The Morgan fingerprint density at radius 3 is 2.78 bits per heavy atom. The van der Waals surface area contributed by atoms with E-state index in [2.05, 4.69) is 15.5 Å². The molecule has 0 bridgehead atoms. The van der Waals surface area contributed by atoms with E-state index in [1.807, 2.05) is 47.8 Å². The zero-order chi connectivity index (χ0) is 16.1. The van der Waals surface area contributed by atoms with Crippen LogP contribution in [-0.4, -0.2) is 33.8 Å². The van der Waals surface area contributed by atoms with Crippen LogP contribution < -0.4 is 5.32 Å². The van der Waals surface area contributed by atoms with Gasteiger partial charge in [0.1, 0.15) is 0 Å². The number of nitrogens with one attached hydrogen (secondary N) is 1. The summed E-state index contributed by atoms with van der Waals surface area (Å²) in [7, 11) is 0. The van der Waals surface area contributed by atoms with Gasteiger partial charge in [-0.3, -0.25) is 4.79 Å². The second-order valence-electron chi connectivity index (χ2n) is 4.94. The van der Waals surface area contributed by atoms with Gasteiger partial charge in [0.15, 0.2) is 0 Å². The molecule has 2 aromatic heterocycles. The lowest BCUT2D eigenvalue weighted by atomic mass is 10.1. The molecule has 2 N–H and O–H groups in total. The summed E-state index contributed by atoms with van der Waals surface area (Å²) < 4.78 is 5.00. The molecule has 0 fully saturated rings. The number of rotatable bonds is 6. The fourth-order valence-corrected chi connectivity index (χ4v) is 2.78. The van der Waals surface area contributed by atoms with Crippen LogP contribution >= 0.6 is 11.3 Å². The van der Waals surface area contributed by atoms with E-state index in [-0.39, 0.29) is 12.5 Å². The van der Waals surface area contributed by atoms with Gasteiger partial charge in [-0.15, -0.1) is 11.3 Å². The zero-order valence-corrected chi connectivity index (χ0v) is 13.0. The molecule has 0 radical (unpaired) electrons. The lowest BCUT2D eigenvalue weighted by Crippen LogP contribution is -2.39. The summed E-state index contributed by atoms with van der Waals surface area (Å²) in [6.07, 6.45) is 0.523. The highest BCUT2D eigenvalue weighted by atomic mass is 32.1. The average Bonchev–Trinajstić information content (AvgIpc) is 3.26. The van der Waals surface area contributed by atoms with Crippen LogP contribution in [0, 0.1) is 0 Å². The molecule has 0 aliphatic carbocycles. The van der Waals surface area contributed by atoms with Crippen LogP contribution in [0.3, 0.4) is 0 Å². The second-order valence-corrected chi connectivity index (χ2v) is 5.89. The highest BCUT2D eigenvalue weighted by Crippen LogP contribution is 2.21. The summed E-state index contributed by atoms with van der Waals surface area (Å²) in [5, 5.41) is 17.9. The van der Waals surface area contributed by atoms with Gasteiger partial charge >= 0.3 is 11.8 Å². The van der Waals surface area contributed by atoms with E-state index in [1.165, 1.54) is 11.3 Å². The van der Waals surface area contributed by atoms with Gasteiger partial charge in [0.2, 0.25) is 5.82 Å². The smallest absolute Gasteiger partial charge is 0.316 e. The van der Waals surface area contributed by atoms with E-state index in [9.17, 15) is 9.90 Å². The molecule has 7 heteroatoms. The highest BCUT2D eigenvalue weighted by molar-refractivity contribution is 7.13. The molecule has 1 atom stereocenters. The van der Waals surface area contributed by atoms with Gasteiger partial charge in [-0.2, -0.15) is 4.98 Å². The molecule has 0 saturated heterocycles. The molecule has 0 saturated carbocycles. The zero-order valence-electron chi connectivity index (χ0n) is 12.2. The summed E-state index contributed by atoms with van der Waals surface area (Å²) in [4.78, 5) is 17.1. The number of thiophene rings is 1. The van der Waals surface area contributed by atoms with E-state index >= 15 is 0 Å². The quantitative estimate of drug-likeness (QED) is 0.723. The van der Waals surface area contributed by atoms with Crippen molar-refractivity contribution in [2.75, 3.05) is 6.61 Å². The van der Waals surface area contributed by atoms with Crippen molar-refractivity contribution in [3.8, 4) is 10.7 Å². The summed E-state index contributed by atoms with van der Waals surface area (Å²) in [5.41, 5.74) is 1.02. The van der Waals surface area contributed by atoms with Crippen LogP contribution in [0.2, 0.25) is 0 Å². The first-order valence-corrected chi connectivity index (χ1v) is 7.97. The Morgan fingerprint density at radius 2 is 2.09 bits per heavy atom. The number of carbonyl (C=O) groups excluding carboxylic acids is 1. The number of hydrogen-bond acceptors (Lipinski definition) is 6. The monoisotopic (exact) mass is 329 g/mol. The topological polar surface area (TPSA) is 88.2 Å². The number of aliphatic hydroxyl groups is 1. The van der Waals surface area contributed by atoms with Crippen molar-refractivity contribution >= 4 is 17.2 Å². The molecule has 0 aliphatic rings. The number of benzene rings is 1. The van der Waals surface area contributed by atoms with Crippen molar-refractivity contribution in [3.63, 3.8) is 0 Å². The van der Waals surface area contributed by atoms with Crippen LogP contribution in [0.1, 0.15) is 16.2 Å². The van der Waals surface area contributed by atoms with Crippen molar-refractivity contribution < 1.29 is 14.4 Å². The number of aromatic nitrogens is 2. The minimum Gasteiger partial charge on any atom is -0.394 e. The second kappa shape index (κ2) is 7.17. The van der Waals surface area contributed by atoms with Gasteiger partial charge in [-0.1, -0.05) is 41.6 Å². The Bertz CT molecular complexity index is 756. The first-order valence-electron chi connectivity index (χ1n) is 7.09. The predicted molar refractivity (Wildman–Crippen MR) is 86.1 cm³/mol. The summed E-state index contributed by atoms with van der Waals surface area (Å²) in [6, 6.07) is 12.9. The van der Waals surface area contributed by atoms with Crippen LogP contribution in [0.25, 0.3) is 10.7 Å². The first kappa shape index (κ1) is 15.4. The average molecular weight is 329 g/mol. The molecule has 3 rings (SSSR count). The van der Waals surface area contributed by atoms with Gasteiger partial charge in [0, 0.05) is 0 Å². The molecule has 118 valence electrons. The largest absolute Gasteiger partial charge is 0.394 e. The first-order chi connectivity index (χ1) is 11.3. The summed E-state index contributed by atoms with van der Waals surface area (Å²) in [6.45, 7) is -0.174. The number of carbonyl (C=O) groups is 1. The Labute approximate surface area is 136 Å². The molecule has 0 spiro atoms. The third-order valence-corrected chi connectivity index (χ3v) is 4.11. The summed E-state index contributed by atoms with van der Waals surface area (Å²) in [5.74, 6) is -0.219. The SMILES string of the molecule is O=C(NC(CO)Cc1ccccc1)c1nc(-c2cccs2)no1. The van der Waals surface area contributed by atoms with E-state index in [4.69, 9.17) is 4.52 Å². The molecular formula is C16H15N3O3S. The number of aliphatic hydroxyl groups excluding tert-OH is 1. The van der Waals surface area contributed by atoms with Crippen molar-refractivity contribution in [2.24, 2.45) is 0 Å². The fourth-order valence-electron chi connectivity index (χ4n) is 2.13. The number of hydrogen-bond donors (Lipinski definition) is 2. The molecule has 1 amide bonds. The lowest BCUT2D eigenvalue weighted by Gasteiger charge is -2.14. The minimum atomic E-state index is -0.490. The lowest BCUT2D eigenvalue weighted by molar-refractivity contribution is 0.0872. The molecular weight excluding hydrogens is 314 g/mol. The van der Waals surface area contributed by atoms with Gasteiger partial charge in [-0.25, -0.2) is 0 Å². The van der Waals surface area contributed by atoms with E-state index in [0.717, 1.165) is 10.4 Å². The highest BCUT2D eigenvalue weighted by Gasteiger charge is 2.20. The molecule has 3 aromatic rings. The maximum absolute atomic E-state index is 12.2. The molecule has 0 aliphatic heterocycles. The Balaban J connectivity index is 1.65. The minimum absolute atomic E-state index is 0.111. The summed E-state index contributed by atoms with van der Waals surface area (Å²) >= 11 is 1.46. The van der Waals surface area contributed by atoms with Crippen LogP contribution in [0.5, 0.6) is 0 Å². The standard InChI is InChI=1S/C16H15N3O3S/c20-10-12(9-11-5-2-1-3-6-11)17-15(21)16-18-14(19-22-16)13-7-4-8-23-13/h1-8,12,20H,9-10H2,(H,17,21). The predicted octanol–water partition coefficient (Wildman–Crippen LogP) is 2.13. The fraction of sp³-hybridized carbons (Fsp3) is 0.188. The van der Waals surface area contributed by atoms with E-state index in [1.54, 1.807) is 0 Å². The van der Waals surface area contributed by atoms with E-state index in [0.29, 0.717) is 12.2 Å². The molecule has 2 heterocycles. The van der Waals surface area contributed by atoms with Crippen LogP contribution in [0.4, 0.5) is 0 Å². The van der Waals surface area contributed by atoms with Crippen LogP contribution in [-0.2, 0) is 6.42 Å². The molecule has 1 unspecified atom stereocenters. The number of nitrogens with zero attached hydrogens (tertiary/aromatic N) is 2. The van der Waals surface area contributed by atoms with Gasteiger partial charge in [0.25, 0.3) is 0 Å². The van der Waals surface area contributed by atoms with Gasteiger partial charge in [0.05, 0.1) is 17.5 Å². The normalized spacial score (nSPS) is 12.0. The van der Waals surface area contributed by atoms with Crippen molar-refractivity contribution in [1.29, 1.82) is 0 Å². The molecule has 23 heavy (non-hydrogen) atoms. The van der Waals surface area contributed by atoms with Gasteiger partial charge in [-0.05, 0) is 23.4 Å². The maximum Gasteiger partial charge on any atom is 0.316 e. The third kappa shape index (κ3) is 3.82. The molecule has 6 nitrogen and oxygen atoms in total.